The summed E-state index contributed by atoms with van der Waals surface area (Å²) >= 11 is 0. The average molecular weight is 319 g/mol. The molecule has 1 fully saturated rings. The lowest BCUT2D eigenvalue weighted by atomic mass is 9.92. The van der Waals surface area contributed by atoms with Crippen molar-refractivity contribution < 1.29 is 9.53 Å². The molecule has 3 heterocycles. The van der Waals surface area contributed by atoms with Crippen molar-refractivity contribution in [3.05, 3.63) is 17.2 Å². The first-order valence-electron chi connectivity index (χ1n) is 8.89. The van der Waals surface area contributed by atoms with Crippen molar-refractivity contribution in [1.82, 2.24) is 14.5 Å². The Kier molecular flexibility index (Phi) is 4.39. The minimum atomic E-state index is -0.422. The molecule has 1 aromatic heterocycles. The molecule has 0 atom stereocenters. The van der Waals surface area contributed by atoms with Crippen LogP contribution in [0, 0.1) is 6.92 Å². The van der Waals surface area contributed by atoms with E-state index in [0.29, 0.717) is 5.92 Å². The average Bonchev–Trinajstić information content (AvgIpc) is 2.81. The summed E-state index contributed by atoms with van der Waals surface area (Å²) in [6.45, 7) is 10.6. The molecule has 0 N–H and O–H groups in total. The highest BCUT2D eigenvalue weighted by Gasteiger charge is 2.31. The highest BCUT2D eigenvalue weighted by molar-refractivity contribution is 5.68. The quantitative estimate of drug-likeness (QED) is 0.794. The summed E-state index contributed by atoms with van der Waals surface area (Å²) in [7, 11) is 0. The van der Waals surface area contributed by atoms with Gasteiger partial charge in [0.15, 0.2) is 0 Å². The van der Waals surface area contributed by atoms with Gasteiger partial charge in [0, 0.05) is 37.7 Å². The van der Waals surface area contributed by atoms with Crippen LogP contribution < -0.4 is 0 Å². The summed E-state index contributed by atoms with van der Waals surface area (Å²) in [5.41, 5.74) is 2.19. The lowest BCUT2D eigenvalue weighted by Gasteiger charge is -2.34. The number of hydrogen-bond donors (Lipinski definition) is 0. The van der Waals surface area contributed by atoms with Crippen LogP contribution in [0.15, 0.2) is 0 Å². The van der Waals surface area contributed by atoms with Gasteiger partial charge in [-0.2, -0.15) is 0 Å². The summed E-state index contributed by atoms with van der Waals surface area (Å²) in [6, 6.07) is 0. The van der Waals surface area contributed by atoms with Gasteiger partial charge in [-0.15, -0.1) is 0 Å². The molecule has 23 heavy (non-hydrogen) atoms. The highest BCUT2D eigenvalue weighted by atomic mass is 16.6. The van der Waals surface area contributed by atoms with E-state index in [-0.39, 0.29) is 6.09 Å². The molecule has 0 aliphatic carbocycles. The van der Waals surface area contributed by atoms with E-state index >= 15 is 0 Å². The fourth-order valence-electron chi connectivity index (χ4n) is 3.82. The number of fused-ring (bicyclic) bond motifs is 1. The van der Waals surface area contributed by atoms with Gasteiger partial charge in [-0.3, -0.25) is 0 Å². The van der Waals surface area contributed by atoms with E-state index in [1.165, 1.54) is 30.1 Å². The van der Waals surface area contributed by atoms with Gasteiger partial charge in [-0.25, -0.2) is 9.78 Å². The number of carbonyl (C=O) groups is 1. The molecule has 5 nitrogen and oxygen atoms in total. The Morgan fingerprint density at radius 2 is 1.87 bits per heavy atom. The van der Waals surface area contributed by atoms with E-state index in [9.17, 15) is 4.79 Å². The van der Waals surface area contributed by atoms with E-state index in [4.69, 9.17) is 9.72 Å². The van der Waals surface area contributed by atoms with Crippen molar-refractivity contribution >= 4 is 6.09 Å². The van der Waals surface area contributed by atoms with Gasteiger partial charge in [0.25, 0.3) is 0 Å². The van der Waals surface area contributed by atoms with Crippen LogP contribution in [0.3, 0.4) is 0 Å². The first-order chi connectivity index (χ1) is 10.8. The van der Waals surface area contributed by atoms with Gasteiger partial charge >= 0.3 is 6.09 Å². The second kappa shape index (κ2) is 6.17. The molecule has 1 amide bonds. The third kappa shape index (κ3) is 3.54. The van der Waals surface area contributed by atoms with Crippen LogP contribution in [0.4, 0.5) is 4.79 Å². The number of carbonyl (C=O) groups excluding carboxylic acids is 1. The molecule has 2 aliphatic heterocycles. The molecule has 0 aromatic carbocycles. The van der Waals surface area contributed by atoms with E-state index in [1.807, 2.05) is 25.7 Å². The first kappa shape index (κ1) is 16.3. The van der Waals surface area contributed by atoms with Gasteiger partial charge in [-0.1, -0.05) is 0 Å². The van der Waals surface area contributed by atoms with Crippen molar-refractivity contribution in [2.45, 2.75) is 77.9 Å². The number of aryl methyl sites for hydroxylation is 2. The summed E-state index contributed by atoms with van der Waals surface area (Å²) in [5, 5.41) is 0. The zero-order valence-electron chi connectivity index (χ0n) is 14.9. The second-order valence-electron chi connectivity index (χ2n) is 7.85. The number of ether oxygens (including phenoxy) is 1. The highest BCUT2D eigenvalue weighted by Crippen LogP contribution is 2.33. The molecule has 0 spiro atoms. The number of likely N-dealkylation sites (tertiary alicyclic amines) is 1. The number of piperidine rings is 1. The van der Waals surface area contributed by atoms with Crippen LogP contribution >= 0.6 is 0 Å². The summed E-state index contributed by atoms with van der Waals surface area (Å²) < 4.78 is 7.94. The maximum Gasteiger partial charge on any atom is 0.410 e. The van der Waals surface area contributed by atoms with Gasteiger partial charge < -0.3 is 14.2 Å². The van der Waals surface area contributed by atoms with Crippen molar-refractivity contribution in [2.75, 3.05) is 13.1 Å². The van der Waals surface area contributed by atoms with Crippen LogP contribution in [0.1, 0.15) is 69.6 Å². The van der Waals surface area contributed by atoms with Crippen LogP contribution in [-0.2, 0) is 17.7 Å². The standard InChI is InChI=1S/C18H29N3O2/c1-13-16(21-10-6-5-7-15(21)19-13)14-8-11-20(12-9-14)17(22)23-18(2,3)4/h14H,5-12H2,1-4H3. The summed E-state index contributed by atoms with van der Waals surface area (Å²) in [5.74, 6) is 1.78. The predicted octanol–water partition coefficient (Wildman–Crippen LogP) is 3.64. The molecule has 1 aromatic rings. The third-order valence-corrected chi connectivity index (χ3v) is 4.84. The Balaban J connectivity index is 1.66. The molecule has 128 valence electrons. The van der Waals surface area contributed by atoms with Crippen molar-refractivity contribution in [3.8, 4) is 0 Å². The van der Waals surface area contributed by atoms with Gasteiger partial charge in [0.2, 0.25) is 0 Å². The Hall–Kier alpha value is -1.52. The number of rotatable bonds is 1. The van der Waals surface area contributed by atoms with E-state index in [1.54, 1.807) is 0 Å². The zero-order valence-corrected chi connectivity index (χ0v) is 14.9. The second-order valence-corrected chi connectivity index (χ2v) is 7.85. The minimum absolute atomic E-state index is 0.178. The normalized spacial score (nSPS) is 19.6. The Morgan fingerprint density at radius 3 is 2.52 bits per heavy atom. The van der Waals surface area contributed by atoms with E-state index in [0.717, 1.165) is 38.9 Å². The molecule has 1 saturated heterocycles. The maximum atomic E-state index is 12.2. The zero-order chi connectivity index (χ0) is 16.6. The van der Waals surface area contributed by atoms with Crippen molar-refractivity contribution in [3.63, 3.8) is 0 Å². The topological polar surface area (TPSA) is 47.4 Å². The fraction of sp³-hybridized carbons (Fsp3) is 0.778. The molecular formula is C18H29N3O2. The predicted molar refractivity (Wildman–Crippen MR) is 89.7 cm³/mol. The van der Waals surface area contributed by atoms with Crippen LogP contribution in [0.2, 0.25) is 0 Å². The first-order valence-corrected chi connectivity index (χ1v) is 8.89. The van der Waals surface area contributed by atoms with Crippen LogP contribution in [0.5, 0.6) is 0 Å². The Bertz CT molecular complexity index is 578. The van der Waals surface area contributed by atoms with Crippen LogP contribution in [-0.4, -0.2) is 39.2 Å². The lowest BCUT2D eigenvalue weighted by molar-refractivity contribution is 0.0203. The largest absolute Gasteiger partial charge is 0.444 e. The monoisotopic (exact) mass is 319 g/mol. The summed E-state index contributed by atoms with van der Waals surface area (Å²) in [4.78, 5) is 18.8. The molecule has 3 rings (SSSR count). The molecule has 0 bridgehead atoms. The lowest BCUT2D eigenvalue weighted by Crippen LogP contribution is -2.41. The Labute approximate surface area is 139 Å². The number of hydrogen-bond acceptors (Lipinski definition) is 3. The molecular weight excluding hydrogens is 290 g/mol. The molecule has 0 saturated carbocycles. The number of imidazole rings is 1. The van der Waals surface area contributed by atoms with Gasteiger partial charge in [0.05, 0.1) is 5.69 Å². The summed E-state index contributed by atoms with van der Waals surface area (Å²) in [6.07, 6.45) is 5.45. The number of amides is 1. The van der Waals surface area contributed by atoms with Crippen molar-refractivity contribution in [2.24, 2.45) is 0 Å². The van der Waals surface area contributed by atoms with E-state index in [2.05, 4.69) is 11.5 Å². The molecule has 5 heteroatoms. The smallest absolute Gasteiger partial charge is 0.410 e. The molecule has 2 aliphatic rings. The van der Waals surface area contributed by atoms with E-state index < -0.39 is 5.60 Å². The molecule has 0 radical (unpaired) electrons. The number of aromatic nitrogens is 2. The number of nitrogens with zero attached hydrogens (tertiary/aromatic N) is 3. The van der Waals surface area contributed by atoms with Crippen molar-refractivity contribution in [1.29, 1.82) is 0 Å². The van der Waals surface area contributed by atoms with Crippen LogP contribution in [0.25, 0.3) is 0 Å². The SMILES string of the molecule is Cc1nc2n(c1C1CCN(C(=O)OC(C)(C)C)CC1)CCCC2. The fourth-order valence-corrected chi connectivity index (χ4v) is 3.82. The third-order valence-electron chi connectivity index (χ3n) is 4.84. The maximum absolute atomic E-state index is 12.2. The Morgan fingerprint density at radius 1 is 1.17 bits per heavy atom. The molecule has 0 unspecified atom stereocenters. The minimum Gasteiger partial charge on any atom is -0.444 e. The van der Waals surface area contributed by atoms with Gasteiger partial charge in [-0.05, 0) is 53.4 Å². The van der Waals surface area contributed by atoms with Gasteiger partial charge in [0.1, 0.15) is 11.4 Å².